The van der Waals surface area contributed by atoms with Crippen LogP contribution in [0.1, 0.15) is 41.9 Å². The second kappa shape index (κ2) is 4.67. The van der Waals surface area contributed by atoms with Crippen molar-refractivity contribution in [3.63, 3.8) is 0 Å². The van der Waals surface area contributed by atoms with Gasteiger partial charge in [-0.2, -0.15) is 0 Å². The van der Waals surface area contributed by atoms with Gasteiger partial charge in [-0.15, -0.1) is 11.6 Å². The van der Waals surface area contributed by atoms with Gasteiger partial charge in [-0.3, -0.25) is 0 Å². The molecule has 1 fully saturated rings. The number of benzene rings is 1. The van der Waals surface area contributed by atoms with Crippen LogP contribution in [0.4, 0.5) is 0 Å². The topological polar surface area (TPSA) is 9.23 Å². The average molecular weight is 239 g/mol. The third-order valence-corrected chi connectivity index (χ3v) is 3.99. The minimum atomic E-state index is 0.367. The molecule has 0 heterocycles. The fourth-order valence-electron chi connectivity index (χ4n) is 2.68. The zero-order valence-corrected chi connectivity index (χ0v) is 11.0. The van der Waals surface area contributed by atoms with Crippen LogP contribution in [0.15, 0.2) is 12.1 Å². The molecule has 0 N–H and O–H groups in total. The van der Waals surface area contributed by atoms with Crippen molar-refractivity contribution in [1.82, 2.24) is 0 Å². The van der Waals surface area contributed by atoms with Gasteiger partial charge in [-0.25, -0.2) is 0 Å². The first-order chi connectivity index (χ1) is 7.61. The van der Waals surface area contributed by atoms with Gasteiger partial charge in [-0.1, -0.05) is 6.07 Å². The summed E-state index contributed by atoms with van der Waals surface area (Å²) in [5.41, 5.74) is 4.01. The lowest BCUT2D eigenvalue weighted by Crippen LogP contribution is -2.00. The summed E-state index contributed by atoms with van der Waals surface area (Å²) < 4.78 is 5.34. The lowest BCUT2D eigenvalue weighted by atomic mass is 9.92. The van der Waals surface area contributed by atoms with Crippen molar-refractivity contribution in [3.05, 3.63) is 28.8 Å². The van der Waals surface area contributed by atoms with Crippen molar-refractivity contribution >= 4 is 11.6 Å². The van der Waals surface area contributed by atoms with Gasteiger partial charge in [0.25, 0.3) is 0 Å². The van der Waals surface area contributed by atoms with Crippen molar-refractivity contribution in [1.29, 1.82) is 0 Å². The molecule has 1 aliphatic rings. The van der Waals surface area contributed by atoms with E-state index < -0.39 is 0 Å². The molecule has 16 heavy (non-hydrogen) atoms. The van der Waals surface area contributed by atoms with Gasteiger partial charge in [0.05, 0.1) is 7.11 Å². The second-order valence-electron chi connectivity index (χ2n) is 4.79. The Bertz CT molecular complexity index is 387. The molecule has 2 heteroatoms. The summed E-state index contributed by atoms with van der Waals surface area (Å²) in [7, 11) is 1.73. The first kappa shape index (κ1) is 11.8. The highest BCUT2D eigenvalue weighted by Crippen LogP contribution is 2.39. The van der Waals surface area contributed by atoms with Gasteiger partial charge in [0, 0.05) is 5.38 Å². The number of alkyl halides is 1. The predicted molar refractivity (Wildman–Crippen MR) is 68.7 cm³/mol. The van der Waals surface area contributed by atoms with E-state index in [-0.39, 0.29) is 0 Å². The van der Waals surface area contributed by atoms with E-state index in [9.17, 15) is 0 Å². The van der Waals surface area contributed by atoms with Crippen molar-refractivity contribution in [2.75, 3.05) is 7.11 Å². The molecular weight excluding hydrogens is 220 g/mol. The monoisotopic (exact) mass is 238 g/mol. The molecule has 1 aromatic carbocycles. The van der Waals surface area contributed by atoms with Crippen molar-refractivity contribution in [2.45, 2.75) is 44.4 Å². The maximum Gasteiger partial charge on any atom is 0.122 e. The molecule has 1 aromatic rings. The van der Waals surface area contributed by atoms with E-state index >= 15 is 0 Å². The fourth-order valence-corrected chi connectivity index (χ4v) is 3.02. The summed E-state index contributed by atoms with van der Waals surface area (Å²) in [6, 6.07) is 4.42. The van der Waals surface area contributed by atoms with Crippen LogP contribution in [-0.2, 0) is 0 Å². The molecule has 0 aromatic heterocycles. The summed E-state index contributed by atoms with van der Waals surface area (Å²) in [4.78, 5) is 0. The number of rotatable bonds is 2. The molecule has 88 valence electrons. The number of halogens is 1. The van der Waals surface area contributed by atoms with Gasteiger partial charge in [0.15, 0.2) is 0 Å². The standard InChI is InChI=1S/C14H19ClO/c1-9-7-14(16-3)10(2)6-13(9)11-4-5-12(15)8-11/h6-7,11-12H,4-5,8H2,1-3H3. The van der Waals surface area contributed by atoms with E-state index in [1.807, 2.05) is 0 Å². The van der Waals surface area contributed by atoms with Crippen LogP contribution < -0.4 is 4.74 Å². The maximum atomic E-state index is 6.18. The predicted octanol–water partition coefficient (Wildman–Crippen LogP) is 4.19. The molecule has 0 aliphatic heterocycles. The summed E-state index contributed by atoms with van der Waals surface area (Å²) in [5, 5.41) is 0.367. The Balaban J connectivity index is 2.31. The first-order valence-corrected chi connectivity index (χ1v) is 6.34. The third kappa shape index (κ3) is 2.20. The largest absolute Gasteiger partial charge is 0.496 e. The Hall–Kier alpha value is -0.690. The van der Waals surface area contributed by atoms with Crippen molar-refractivity contribution in [3.8, 4) is 5.75 Å². The van der Waals surface area contributed by atoms with E-state index in [4.69, 9.17) is 16.3 Å². The molecule has 1 aliphatic carbocycles. The fraction of sp³-hybridized carbons (Fsp3) is 0.571. The molecule has 1 saturated carbocycles. The Morgan fingerprint density at radius 2 is 1.94 bits per heavy atom. The highest BCUT2D eigenvalue weighted by atomic mass is 35.5. The summed E-state index contributed by atoms with van der Waals surface area (Å²) in [6.45, 7) is 4.27. The van der Waals surface area contributed by atoms with Crippen molar-refractivity contribution < 1.29 is 4.74 Å². The van der Waals surface area contributed by atoms with Crippen LogP contribution in [0.25, 0.3) is 0 Å². The molecule has 0 bridgehead atoms. The Kier molecular flexibility index (Phi) is 3.44. The number of aryl methyl sites for hydroxylation is 2. The Labute approximate surface area is 103 Å². The molecule has 2 unspecified atom stereocenters. The molecule has 0 amide bonds. The molecule has 2 rings (SSSR count). The van der Waals surface area contributed by atoms with Crippen LogP contribution in [0.3, 0.4) is 0 Å². The molecule has 2 atom stereocenters. The maximum absolute atomic E-state index is 6.18. The Morgan fingerprint density at radius 3 is 2.50 bits per heavy atom. The lowest BCUT2D eigenvalue weighted by Gasteiger charge is -2.16. The minimum absolute atomic E-state index is 0.367. The normalized spacial score (nSPS) is 24.8. The van der Waals surface area contributed by atoms with Crippen molar-refractivity contribution in [2.24, 2.45) is 0 Å². The van der Waals surface area contributed by atoms with Crippen LogP contribution in [0.2, 0.25) is 0 Å². The van der Waals surface area contributed by atoms with E-state index in [0.717, 1.165) is 18.6 Å². The van der Waals surface area contributed by atoms with Crippen LogP contribution in [-0.4, -0.2) is 12.5 Å². The van der Waals surface area contributed by atoms with Crippen LogP contribution >= 0.6 is 11.6 Å². The van der Waals surface area contributed by atoms with E-state index in [2.05, 4.69) is 26.0 Å². The Morgan fingerprint density at radius 1 is 1.19 bits per heavy atom. The molecule has 0 spiro atoms. The van der Waals surface area contributed by atoms with Gasteiger partial charge in [-0.05, 0) is 61.8 Å². The second-order valence-corrected chi connectivity index (χ2v) is 5.40. The molecule has 1 nitrogen and oxygen atoms in total. The van der Waals surface area contributed by atoms with Gasteiger partial charge in [0.1, 0.15) is 5.75 Å². The highest BCUT2D eigenvalue weighted by Gasteiger charge is 2.25. The third-order valence-electron chi connectivity index (χ3n) is 3.59. The SMILES string of the molecule is COc1cc(C)c(C2CCC(Cl)C2)cc1C. The van der Waals surface area contributed by atoms with E-state index in [1.54, 1.807) is 7.11 Å². The number of ether oxygens (including phenoxy) is 1. The number of hydrogen-bond acceptors (Lipinski definition) is 1. The van der Waals surface area contributed by atoms with E-state index in [1.165, 1.54) is 23.1 Å². The molecule has 0 radical (unpaired) electrons. The van der Waals surface area contributed by atoms with E-state index in [0.29, 0.717) is 11.3 Å². The first-order valence-electron chi connectivity index (χ1n) is 5.91. The minimum Gasteiger partial charge on any atom is -0.496 e. The zero-order valence-electron chi connectivity index (χ0n) is 10.2. The number of methoxy groups -OCH3 is 1. The van der Waals surface area contributed by atoms with Crippen LogP contribution in [0.5, 0.6) is 5.75 Å². The quantitative estimate of drug-likeness (QED) is 0.703. The molecular formula is C14H19ClO. The summed E-state index contributed by atoms with van der Waals surface area (Å²) >= 11 is 6.18. The average Bonchev–Trinajstić information content (AvgIpc) is 2.67. The van der Waals surface area contributed by atoms with Gasteiger partial charge >= 0.3 is 0 Å². The summed E-state index contributed by atoms with van der Waals surface area (Å²) in [6.07, 6.45) is 3.49. The smallest absolute Gasteiger partial charge is 0.122 e. The molecule has 0 saturated heterocycles. The summed E-state index contributed by atoms with van der Waals surface area (Å²) in [5.74, 6) is 1.63. The van der Waals surface area contributed by atoms with Gasteiger partial charge < -0.3 is 4.74 Å². The highest BCUT2D eigenvalue weighted by molar-refractivity contribution is 6.20. The lowest BCUT2D eigenvalue weighted by molar-refractivity contribution is 0.411. The van der Waals surface area contributed by atoms with Gasteiger partial charge in [0.2, 0.25) is 0 Å². The number of hydrogen-bond donors (Lipinski definition) is 0. The van der Waals surface area contributed by atoms with Crippen LogP contribution in [0, 0.1) is 13.8 Å². The zero-order chi connectivity index (χ0) is 11.7.